The molecule has 0 heterocycles. The van der Waals surface area contributed by atoms with Crippen LogP contribution in [0.25, 0.3) is 0 Å². The minimum Gasteiger partial charge on any atom is -0.0654 e. The SMILES string of the molecule is CCCCCCCCC([CH]C(CCCCC)CCCCCCCC)CCCC. The Bertz CT molecular complexity index is 269. The van der Waals surface area contributed by atoms with Crippen LogP contribution in [0.2, 0.25) is 0 Å². The Morgan fingerprint density at radius 2 is 0.643 bits per heavy atom. The average molecular weight is 394 g/mol. The lowest BCUT2D eigenvalue weighted by molar-refractivity contribution is 0.368. The van der Waals surface area contributed by atoms with Gasteiger partial charge in [-0.05, 0) is 18.3 Å². The van der Waals surface area contributed by atoms with Crippen molar-refractivity contribution in [1.29, 1.82) is 0 Å². The molecule has 0 aliphatic heterocycles. The summed E-state index contributed by atoms with van der Waals surface area (Å²) in [6, 6.07) is 0. The third-order valence-corrected chi connectivity index (χ3v) is 6.51. The molecule has 2 unspecified atom stereocenters. The van der Waals surface area contributed by atoms with E-state index >= 15 is 0 Å². The summed E-state index contributed by atoms with van der Waals surface area (Å²) in [5, 5.41) is 0. The first-order valence-electron chi connectivity index (χ1n) is 13.6. The molecule has 169 valence electrons. The first-order valence-corrected chi connectivity index (χ1v) is 13.6. The van der Waals surface area contributed by atoms with Crippen LogP contribution >= 0.6 is 0 Å². The lowest BCUT2D eigenvalue weighted by atomic mass is 9.82. The zero-order valence-electron chi connectivity index (χ0n) is 20.6. The Morgan fingerprint density at radius 3 is 1.07 bits per heavy atom. The molecule has 0 nitrogen and oxygen atoms in total. The molecule has 0 saturated carbocycles. The van der Waals surface area contributed by atoms with Gasteiger partial charge in [0.2, 0.25) is 0 Å². The van der Waals surface area contributed by atoms with Crippen molar-refractivity contribution in [2.45, 2.75) is 163 Å². The van der Waals surface area contributed by atoms with Crippen LogP contribution in [0.1, 0.15) is 163 Å². The fourth-order valence-electron chi connectivity index (χ4n) is 4.56. The molecule has 0 N–H and O–H groups in total. The predicted octanol–water partition coefficient (Wildman–Crippen LogP) is 10.7. The Morgan fingerprint density at radius 1 is 0.357 bits per heavy atom. The van der Waals surface area contributed by atoms with Gasteiger partial charge in [0.1, 0.15) is 0 Å². The van der Waals surface area contributed by atoms with E-state index in [-0.39, 0.29) is 0 Å². The average Bonchev–Trinajstić information content (AvgIpc) is 2.70. The van der Waals surface area contributed by atoms with Gasteiger partial charge in [0.05, 0.1) is 0 Å². The molecule has 0 aromatic rings. The lowest BCUT2D eigenvalue weighted by Crippen LogP contribution is -2.11. The number of rotatable bonds is 23. The molecular weight excluding hydrogens is 336 g/mol. The first kappa shape index (κ1) is 28.0. The van der Waals surface area contributed by atoms with Gasteiger partial charge in [-0.3, -0.25) is 0 Å². The van der Waals surface area contributed by atoms with Gasteiger partial charge in [-0.15, -0.1) is 0 Å². The monoisotopic (exact) mass is 393 g/mol. The van der Waals surface area contributed by atoms with Crippen LogP contribution < -0.4 is 0 Å². The predicted molar refractivity (Wildman–Crippen MR) is 131 cm³/mol. The molecule has 0 spiro atoms. The van der Waals surface area contributed by atoms with Crippen molar-refractivity contribution < 1.29 is 0 Å². The van der Waals surface area contributed by atoms with Crippen LogP contribution in [0.15, 0.2) is 0 Å². The molecule has 0 rings (SSSR count). The standard InChI is InChI=1S/C28H57/c1-5-9-13-15-17-20-24-27(22-12-8-4)26-28(23-19-11-7-3)25-21-18-16-14-10-6-2/h26-28H,5-25H2,1-4H3. The van der Waals surface area contributed by atoms with Crippen molar-refractivity contribution >= 4 is 0 Å². The number of hydrogen-bond donors (Lipinski definition) is 0. The minimum absolute atomic E-state index is 0.901. The van der Waals surface area contributed by atoms with Crippen molar-refractivity contribution in [3.63, 3.8) is 0 Å². The second kappa shape index (κ2) is 23.3. The maximum absolute atomic E-state index is 2.85. The molecule has 0 fully saturated rings. The highest BCUT2D eigenvalue weighted by atomic mass is 14.2. The van der Waals surface area contributed by atoms with E-state index in [2.05, 4.69) is 34.1 Å². The van der Waals surface area contributed by atoms with Gasteiger partial charge in [-0.25, -0.2) is 0 Å². The third kappa shape index (κ3) is 19.3. The van der Waals surface area contributed by atoms with Gasteiger partial charge in [-0.1, -0.05) is 163 Å². The second-order valence-corrected chi connectivity index (χ2v) is 9.46. The highest BCUT2D eigenvalue weighted by Gasteiger charge is 2.16. The van der Waals surface area contributed by atoms with Crippen molar-refractivity contribution in [2.75, 3.05) is 0 Å². The summed E-state index contributed by atoms with van der Waals surface area (Å²) in [4.78, 5) is 0. The summed E-state index contributed by atoms with van der Waals surface area (Å²) in [5.74, 6) is 1.80. The van der Waals surface area contributed by atoms with E-state index < -0.39 is 0 Å². The fourth-order valence-corrected chi connectivity index (χ4v) is 4.56. The molecule has 28 heavy (non-hydrogen) atoms. The van der Waals surface area contributed by atoms with Crippen LogP contribution in [-0.2, 0) is 0 Å². The van der Waals surface area contributed by atoms with Crippen LogP contribution in [-0.4, -0.2) is 0 Å². The Kier molecular flexibility index (Phi) is 23.3. The normalized spacial score (nSPS) is 13.7. The summed E-state index contributed by atoms with van der Waals surface area (Å²) in [6.07, 6.45) is 33.0. The van der Waals surface area contributed by atoms with E-state index in [0.717, 1.165) is 11.8 Å². The zero-order valence-corrected chi connectivity index (χ0v) is 20.6. The van der Waals surface area contributed by atoms with Gasteiger partial charge < -0.3 is 0 Å². The highest BCUT2D eigenvalue weighted by Crippen LogP contribution is 2.29. The number of hydrogen-bond acceptors (Lipinski definition) is 0. The summed E-state index contributed by atoms with van der Waals surface area (Å²) < 4.78 is 0. The van der Waals surface area contributed by atoms with E-state index in [1.165, 1.54) is 135 Å². The van der Waals surface area contributed by atoms with Crippen molar-refractivity contribution in [3.8, 4) is 0 Å². The van der Waals surface area contributed by atoms with Gasteiger partial charge in [0.25, 0.3) is 0 Å². The van der Waals surface area contributed by atoms with Crippen molar-refractivity contribution in [1.82, 2.24) is 0 Å². The van der Waals surface area contributed by atoms with Gasteiger partial charge in [-0.2, -0.15) is 0 Å². The minimum atomic E-state index is 0.901. The Hall–Kier alpha value is 0. The molecule has 1 radical (unpaired) electrons. The summed E-state index contributed by atoms with van der Waals surface area (Å²) in [6.45, 7) is 9.34. The van der Waals surface area contributed by atoms with Gasteiger partial charge in [0.15, 0.2) is 0 Å². The second-order valence-electron chi connectivity index (χ2n) is 9.46. The maximum atomic E-state index is 2.85. The highest BCUT2D eigenvalue weighted by molar-refractivity contribution is 4.84. The van der Waals surface area contributed by atoms with Gasteiger partial charge >= 0.3 is 0 Å². The maximum Gasteiger partial charge on any atom is -0.0324 e. The molecule has 0 bridgehead atoms. The molecule has 0 amide bonds. The Balaban J connectivity index is 4.28. The smallest absolute Gasteiger partial charge is 0.0324 e. The molecule has 0 saturated heterocycles. The largest absolute Gasteiger partial charge is 0.0654 e. The molecule has 0 aliphatic rings. The van der Waals surface area contributed by atoms with E-state index in [9.17, 15) is 0 Å². The summed E-state index contributed by atoms with van der Waals surface area (Å²) in [7, 11) is 0. The summed E-state index contributed by atoms with van der Waals surface area (Å²) in [5.41, 5.74) is 0. The fraction of sp³-hybridized carbons (Fsp3) is 0.964. The van der Waals surface area contributed by atoms with E-state index in [4.69, 9.17) is 0 Å². The van der Waals surface area contributed by atoms with Crippen molar-refractivity contribution in [2.24, 2.45) is 11.8 Å². The van der Waals surface area contributed by atoms with E-state index in [1.807, 2.05) is 0 Å². The zero-order chi connectivity index (χ0) is 20.7. The molecular formula is C28H57. The van der Waals surface area contributed by atoms with Crippen LogP contribution in [0, 0.1) is 18.3 Å². The molecule has 0 aliphatic carbocycles. The first-order chi connectivity index (χ1) is 13.8. The molecule has 0 aromatic carbocycles. The molecule has 0 aromatic heterocycles. The molecule has 0 heteroatoms. The van der Waals surface area contributed by atoms with E-state index in [1.54, 1.807) is 0 Å². The van der Waals surface area contributed by atoms with Gasteiger partial charge in [0, 0.05) is 0 Å². The summed E-state index contributed by atoms with van der Waals surface area (Å²) >= 11 is 0. The lowest BCUT2D eigenvalue weighted by Gasteiger charge is -2.24. The quantitative estimate of drug-likeness (QED) is 0.151. The van der Waals surface area contributed by atoms with Crippen molar-refractivity contribution in [3.05, 3.63) is 6.42 Å². The topological polar surface area (TPSA) is 0 Å². The van der Waals surface area contributed by atoms with Crippen LogP contribution in [0.3, 0.4) is 0 Å². The Labute approximate surface area is 181 Å². The third-order valence-electron chi connectivity index (χ3n) is 6.51. The van der Waals surface area contributed by atoms with Crippen LogP contribution in [0.4, 0.5) is 0 Å². The number of unbranched alkanes of at least 4 members (excludes halogenated alkanes) is 13. The van der Waals surface area contributed by atoms with Crippen LogP contribution in [0.5, 0.6) is 0 Å². The van der Waals surface area contributed by atoms with E-state index in [0.29, 0.717) is 0 Å². The molecule has 2 atom stereocenters.